The van der Waals surface area contributed by atoms with Crippen molar-refractivity contribution >= 4 is 25.0 Å². The molecule has 0 radical (unpaired) electrons. The molecule has 0 bridgehead atoms. The molecule has 2 rings (SSSR count). The Morgan fingerprint density at radius 3 is 2.10 bits per heavy atom. The summed E-state index contributed by atoms with van der Waals surface area (Å²) in [6, 6.07) is 8.20. The van der Waals surface area contributed by atoms with Gasteiger partial charge in [0.05, 0.1) is 17.8 Å². The summed E-state index contributed by atoms with van der Waals surface area (Å²) in [4.78, 5) is 1.22. The molecule has 0 saturated carbocycles. The van der Waals surface area contributed by atoms with Gasteiger partial charge in [-0.1, -0.05) is 18.2 Å². The largest absolute Gasteiger partial charge is 0.492 e. The van der Waals surface area contributed by atoms with Gasteiger partial charge in [-0.3, -0.25) is 0 Å². The van der Waals surface area contributed by atoms with E-state index in [0.29, 0.717) is 0 Å². The van der Waals surface area contributed by atoms with Gasteiger partial charge in [0.15, 0.2) is 0 Å². The molecule has 0 amide bonds. The highest BCUT2D eigenvalue weighted by Gasteiger charge is 2.52. The third-order valence-corrected chi connectivity index (χ3v) is 4.95. The average molecular weight is 306 g/mol. The second kappa shape index (κ2) is 6.17. The highest BCUT2D eigenvalue weighted by molar-refractivity contribution is 7.98. The fourth-order valence-electron chi connectivity index (χ4n) is 2.10. The zero-order valence-corrected chi connectivity index (χ0v) is 14.2. The fourth-order valence-corrected chi connectivity index (χ4v) is 2.51. The maximum Gasteiger partial charge on any atom is 0.492 e. The van der Waals surface area contributed by atoms with Crippen LogP contribution in [0.1, 0.15) is 33.3 Å². The van der Waals surface area contributed by atoms with Crippen LogP contribution in [0, 0.1) is 0 Å². The molecule has 1 saturated heterocycles. The molecule has 114 valence electrons. The molecule has 1 aliphatic heterocycles. The topological polar surface area (TPSA) is 38.7 Å². The Bertz CT molecular complexity index is 507. The van der Waals surface area contributed by atoms with Gasteiger partial charge >= 0.3 is 7.12 Å². The molecule has 1 N–H and O–H groups in total. The van der Waals surface area contributed by atoms with Gasteiger partial charge in [0.25, 0.3) is 0 Å². The van der Waals surface area contributed by atoms with Crippen molar-refractivity contribution in [1.82, 2.24) is 0 Å². The predicted octanol–water partition coefficient (Wildman–Crippen LogP) is 3.42. The van der Waals surface area contributed by atoms with Crippen molar-refractivity contribution in [3.8, 4) is 0 Å². The van der Waals surface area contributed by atoms with Gasteiger partial charge in [0.1, 0.15) is 0 Å². The first-order valence-electron chi connectivity index (χ1n) is 7.10. The standard InChI is InChI=1S/C16H23BO3S/c1-15(2)16(3,4)20-17(19-15)13(11-18)10-12-6-8-14(21-5)9-7-12/h6-10,18H,11H2,1-5H3. The molecular formula is C16H23BO3S. The molecule has 5 heteroatoms. The highest BCUT2D eigenvalue weighted by Crippen LogP contribution is 2.38. The second-order valence-electron chi connectivity index (χ2n) is 6.24. The summed E-state index contributed by atoms with van der Waals surface area (Å²) < 4.78 is 12.0. The minimum Gasteiger partial charge on any atom is -0.400 e. The molecule has 0 atom stereocenters. The van der Waals surface area contributed by atoms with Crippen molar-refractivity contribution in [2.75, 3.05) is 12.9 Å². The molecule has 21 heavy (non-hydrogen) atoms. The SMILES string of the molecule is CSc1ccc(C=C(CO)B2OC(C)(C)C(C)(C)O2)cc1. The Balaban J connectivity index is 2.22. The van der Waals surface area contributed by atoms with E-state index in [0.717, 1.165) is 11.0 Å². The molecule has 0 spiro atoms. The number of hydrogen-bond acceptors (Lipinski definition) is 4. The minimum atomic E-state index is -0.500. The van der Waals surface area contributed by atoms with Crippen LogP contribution < -0.4 is 0 Å². The third kappa shape index (κ3) is 3.54. The molecular weight excluding hydrogens is 283 g/mol. The van der Waals surface area contributed by atoms with Crippen molar-refractivity contribution in [3.63, 3.8) is 0 Å². The molecule has 3 nitrogen and oxygen atoms in total. The Hall–Kier alpha value is -0.745. The highest BCUT2D eigenvalue weighted by atomic mass is 32.2. The van der Waals surface area contributed by atoms with E-state index in [4.69, 9.17) is 9.31 Å². The molecule has 1 aromatic carbocycles. The zero-order chi connectivity index (χ0) is 15.7. The lowest BCUT2D eigenvalue weighted by atomic mass is 9.77. The summed E-state index contributed by atoms with van der Waals surface area (Å²) >= 11 is 1.71. The van der Waals surface area contributed by atoms with E-state index in [1.165, 1.54) is 4.90 Å². The lowest BCUT2D eigenvalue weighted by molar-refractivity contribution is 0.00578. The van der Waals surface area contributed by atoms with Crippen molar-refractivity contribution in [1.29, 1.82) is 0 Å². The van der Waals surface area contributed by atoms with Crippen LogP contribution in [0.5, 0.6) is 0 Å². The predicted molar refractivity (Wildman–Crippen MR) is 89.4 cm³/mol. The first-order chi connectivity index (χ1) is 9.79. The zero-order valence-electron chi connectivity index (χ0n) is 13.3. The van der Waals surface area contributed by atoms with Gasteiger partial charge in [-0.25, -0.2) is 0 Å². The van der Waals surface area contributed by atoms with Crippen LogP contribution in [0.25, 0.3) is 6.08 Å². The van der Waals surface area contributed by atoms with Crippen LogP contribution in [0.3, 0.4) is 0 Å². The van der Waals surface area contributed by atoms with E-state index in [-0.39, 0.29) is 6.61 Å². The van der Waals surface area contributed by atoms with Crippen molar-refractivity contribution in [3.05, 3.63) is 35.3 Å². The number of aliphatic hydroxyl groups excluding tert-OH is 1. The van der Waals surface area contributed by atoms with Crippen molar-refractivity contribution < 1.29 is 14.4 Å². The summed E-state index contributed by atoms with van der Waals surface area (Å²) in [7, 11) is -0.500. The fraction of sp³-hybridized carbons (Fsp3) is 0.500. The summed E-state index contributed by atoms with van der Waals surface area (Å²) in [5, 5.41) is 9.66. The van der Waals surface area contributed by atoms with Crippen LogP contribution in [0.15, 0.2) is 34.6 Å². The van der Waals surface area contributed by atoms with Crippen LogP contribution in [0.2, 0.25) is 0 Å². The molecule has 0 unspecified atom stereocenters. The van der Waals surface area contributed by atoms with E-state index in [1.807, 2.05) is 52.2 Å². The lowest BCUT2D eigenvalue weighted by Crippen LogP contribution is -2.41. The number of rotatable bonds is 4. The number of hydrogen-bond donors (Lipinski definition) is 1. The number of benzene rings is 1. The van der Waals surface area contributed by atoms with Crippen molar-refractivity contribution in [2.24, 2.45) is 0 Å². The summed E-state index contributed by atoms with van der Waals surface area (Å²) in [6.07, 6.45) is 3.99. The Morgan fingerprint density at radius 1 is 1.14 bits per heavy atom. The summed E-state index contributed by atoms with van der Waals surface area (Å²) in [5.74, 6) is 0. The lowest BCUT2D eigenvalue weighted by Gasteiger charge is -2.32. The quantitative estimate of drug-likeness (QED) is 0.683. The third-order valence-electron chi connectivity index (χ3n) is 4.21. The molecule has 0 aromatic heterocycles. The van der Waals surface area contributed by atoms with Gasteiger partial charge in [0.2, 0.25) is 0 Å². The van der Waals surface area contributed by atoms with Crippen LogP contribution >= 0.6 is 11.8 Å². The van der Waals surface area contributed by atoms with E-state index >= 15 is 0 Å². The van der Waals surface area contributed by atoms with Gasteiger partial charge < -0.3 is 14.4 Å². The van der Waals surface area contributed by atoms with Crippen LogP contribution in [0.4, 0.5) is 0 Å². The molecule has 1 fully saturated rings. The second-order valence-corrected chi connectivity index (χ2v) is 7.12. The van der Waals surface area contributed by atoms with Gasteiger partial charge in [0, 0.05) is 4.90 Å². The van der Waals surface area contributed by atoms with E-state index in [1.54, 1.807) is 11.8 Å². The van der Waals surface area contributed by atoms with Crippen LogP contribution in [-0.2, 0) is 9.31 Å². The first-order valence-corrected chi connectivity index (χ1v) is 8.32. The summed E-state index contributed by atoms with van der Waals surface area (Å²) in [5.41, 5.74) is 0.987. The van der Waals surface area contributed by atoms with Gasteiger partial charge in [-0.15, -0.1) is 11.8 Å². The van der Waals surface area contributed by atoms with E-state index in [2.05, 4.69) is 12.1 Å². The monoisotopic (exact) mass is 306 g/mol. The molecule has 1 aliphatic rings. The Labute approximate surface area is 131 Å². The normalized spacial score (nSPS) is 20.9. The molecule has 1 heterocycles. The van der Waals surface area contributed by atoms with Crippen molar-refractivity contribution in [2.45, 2.75) is 43.8 Å². The minimum absolute atomic E-state index is 0.0822. The number of aliphatic hydroxyl groups is 1. The van der Waals surface area contributed by atoms with Gasteiger partial charge in [-0.2, -0.15) is 0 Å². The maximum atomic E-state index is 9.66. The summed E-state index contributed by atoms with van der Waals surface area (Å²) in [6.45, 7) is 7.95. The Kier molecular flexibility index (Phi) is 4.88. The average Bonchev–Trinajstić information content (AvgIpc) is 2.65. The number of thioether (sulfide) groups is 1. The first kappa shape index (κ1) is 16.6. The maximum absolute atomic E-state index is 9.66. The van der Waals surface area contributed by atoms with E-state index in [9.17, 15) is 5.11 Å². The van der Waals surface area contributed by atoms with Crippen LogP contribution in [-0.4, -0.2) is 36.3 Å². The molecule has 1 aromatic rings. The molecule has 0 aliphatic carbocycles. The Morgan fingerprint density at radius 2 is 1.67 bits per heavy atom. The van der Waals surface area contributed by atoms with Gasteiger partial charge in [-0.05, 0) is 57.1 Å². The smallest absolute Gasteiger partial charge is 0.400 e. The van der Waals surface area contributed by atoms with E-state index < -0.39 is 18.3 Å².